The Kier molecular flexibility index (Phi) is 6.07. The summed E-state index contributed by atoms with van der Waals surface area (Å²) in [7, 11) is 0. The highest BCUT2D eigenvalue weighted by Gasteiger charge is 2.21. The van der Waals surface area contributed by atoms with E-state index in [1.54, 1.807) is 44.2 Å². The van der Waals surface area contributed by atoms with E-state index in [1.807, 2.05) is 6.07 Å². The fourth-order valence-corrected chi connectivity index (χ4v) is 3.13. The number of aryl methyl sites for hydroxylation is 1. The van der Waals surface area contributed by atoms with Crippen LogP contribution in [0.25, 0.3) is 22.0 Å². The third-order valence-corrected chi connectivity index (χ3v) is 4.69. The van der Waals surface area contributed by atoms with Gasteiger partial charge in [0.2, 0.25) is 0 Å². The number of esters is 1. The molecular formula is C23H19FN2O4. The molecule has 0 bridgehead atoms. The summed E-state index contributed by atoms with van der Waals surface area (Å²) in [4.78, 5) is 28.3. The number of fused-ring (bicyclic) bond motifs is 1. The van der Waals surface area contributed by atoms with Crippen LogP contribution >= 0.6 is 0 Å². The molecule has 1 N–H and O–H groups in total. The first-order valence-electron chi connectivity index (χ1n) is 9.37. The molecule has 7 heteroatoms. The summed E-state index contributed by atoms with van der Waals surface area (Å²) in [6.07, 6.45) is -0.352. The van der Waals surface area contributed by atoms with Gasteiger partial charge in [-0.1, -0.05) is 18.2 Å². The molecule has 0 atom stereocenters. The lowest BCUT2D eigenvalue weighted by molar-refractivity contribution is -0.143. The number of aromatic nitrogens is 1. The first-order valence-corrected chi connectivity index (χ1v) is 9.37. The predicted octanol–water partition coefficient (Wildman–Crippen LogP) is 4.45. The van der Waals surface area contributed by atoms with E-state index in [0.717, 1.165) is 11.1 Å². The molecule has 0 aliphatic carbocycles. The normalized spacial score (nSPS) is 10.6. The monoisotopic (exact) mass is 406 g/mol. The number of hydrogen-bond acceptors (Lipinski definition) is 6. The van der Waals surface area contributed by atoms with Crippen molar-refractivity contribution in [2.24, 2.45) is 0 Å². The Morgan fingerprint density at radius 3 is 2.53 bits per heavy atom. The first kappa shape index (κ1) is 20.9. The van der Waals surface area contributed by atoms with Crippen LogP contribution in [0.4, 0.5) is 4.39 Å². The maximum Gasteiger partial charge on any atom is 0.306 e. The maximum absolute atomic E-state index is 13.6. The lowest BCUT2D eigenvalue weighted by Gasteiger charge is -2.10. The number of halogens is 1. The summed E-state index contributed by atoms with van der Waals surface area (Å²) in [5, 5.41) is 20.3. The number of nitrogens with zero attached hydrogens (tertiary/aromatic N) is 2. The van der Waals surface area contributed by atoms with Crippen molar-refractivity contribution in [3.8, 4) is 22.9 Å². The van der Waals surface area contributed by atoms with E-state index in [1.165, 1.54) is 6.07 Å². The van der Waals surface area contributed by atoms with Gasteiger partial charge >= 0.3 is 5.97 Å². The molecule has 0 aliphatic heterocycles. The van der Waals surface area contributed by atoms with E-state index >= 15 is 0 Å². The van der Waals surface area contributed by atoms with Crippen LogP contribution in [0.2, 0.25) is 0 Å². The molecule has 1 heterocycles. The number of aromatic hydroxyl groups is 1. The van der Waals surface area contributed by atoms with Crippen LogP contribution in [-0.4, -0.2) is 28.4 Å². The number of ketones is 1. The molecule has 1 aromatic heterocycles. The van der Waals surface area contributed by atoms with Crippen molar-refractivity contribution in [1.29, 1.82) is 5.26 Å². The van der Waals surface area contributed by atoms with Gasteiger partial charge < -0.3 is 9.84 Å². The number of Topliss-reactive ketones (excluding diaryl/α,β-unsaturated/α-hetero) is 1. The van der Waals surface area contributed by atoms with Gasteiger partial charge in [-0.3, -0.25) is 9.59 Å². The Labute approximate surface area is 172 Å². The number of carbonyl (C=O) groups is 2. The van der Waals surface area contributed by atoms with Gasteiger partial charge in [-0.25, -0.2) is 9.37 Å². The van der Waals surface area contributed by atoms with Crippen molar-refractivity contribution in [2.75, 3.05) is 6.61 Å². The third kappa shape index (κ3) is 4.13. The zero-order valence-electron chi connectivity index (χ0n) is 16.5. The molecule has 0 radical (unpaired) electrons. The Bertz CT molecular complexity index is 1200. The maximum atomic E-state index is 13.6. The minimum atomic E-state index is -0.568. The fraction of sp³-hybridized carbons (Fsp3) is 0.217. The van der Waals surface area contributed by atoms with E-state index in [2.05, 4.69) is 4.98 Å². The van der Waals surface area contributed by atoms with Crippen molar-refractivity contribution < 1.29 is 23.8 Å². The zero-order valence-corrected chi connectivity index (χ0v) is 16.5. The second-order valence-electron chi connectivity index (χ2n) is 6.72. The average Bonchev–Trinajstić information content (AvgIpc) is 2.73. The van der Waals surface area contributed by atoms with Crippen LogP contribution in [0.5, 0.6) is 5.75 Å². The number of ether oxygens (including phenoxy) is 1. The molecule has 152 valence electrons. The second-order valence-corrected chi connectivity index (χ2v) is 6.72. The van der Waals surface area contributed by atoms with Crippen molar-refractivity contribution in [3.05, 3.63) is 59.0 Å². The van der Waals surface area contributed by atoms with Crippen molar-refractivity contribution in [2.45, 2.75) is 26.7 Å². The zero-order chi connectivity index (χ0) is 21.8. The highest BCUT2D eigenvalue weighted by atomic mass is 19.1. The summed E-state index contributed by atoms with van der Waals surface area (Å²) in [6, 6.07) is 11.6. The lowest BCUT2D eigenvalue weighted by Crippen LogP contribution is -2.10. The summed E-state index contributed by atoms with van der Waals surface area (Å²) in [6.45, 7) is 3.52. The van der Waals surface area contributed by atoms with E-state index in [9.17, 15) is 24.3 Å². The van der Waals surface area contributed by atoms with Gasteiger partial charge in [0.15, 0.2) is 11.5 Å². The van der Waals surface area contributed by atoms with E-state index in [0.29, 0.717) is 16.5 Å². The van der Waals surface area contributed by atoms with Crippen molar-refractivity contribution in [1.82, 2.24) is 4.98 Å². The van der Waals surface area contributed by atoms with Gasteiger partial charge in [-0.2, -0.15) is 5.26 Å². The van der Waals surface area contributed by atoms with E-state index in [-0.39, 0.29) is 36.5 Å². The number of nitriles is 1. The summed E-state index contributed by atoms with van der Waals surface area (Å²) < 4.78 is 18.4. The Hall–Kier alpha value is -3.79. The van der Waals surface area contributed by atoms with Crippen LogP contribution in [0, 0.1) is 24.1 Å². The third-order valence-electron chi connectivity index (χ3n) is 4.69. The lowest BCUT2D eigenvalue weighted by atomic mass is 9.98. The molecule has 0 aliphatic rings. The molecule has 0 fully saturated rings. The largest absolute Gasteiger partial charge is 0.504 e. The van der Waals surface area contributed by atoms with Gasteiger partial charge in [0.1, 0.15) is 23.1 Å². The minimum Gasteiger partial charge on any atom is -0.504 e. The topological polar surface area (TPSA) is 100 Å². The van der Waals surface area contributed by atoms with Gasteiger partial charge in [-0.05, 0) is 48.7 Å². The van der Waals surface area contributed by atoms with Crippen LogP contribution in [0.1, 0.15) is 41.4 Å². The van der Waals surface area contributed by atoms with Crippen LogP contribution < -0.4 is 0 Å². The van der Waals surface area contributed by atoms with Gasteiger partial charge in [0.25, 0.3) is 0 Å². The standard InChI is InChI=1S/C23H19FN2O4/c1-3-30-21(28)9-8-20(27)22-23(29)17(12-25)16-6-4-15(11-19(16)26-22)14-5-7-18(24)13(2)10-14/h4-7,10-11,29H,3,8-9H2,1-2H3. The van der Waals surface area contributed by atoms with Gasteiger partial charge in [0.05, 0.1) is 18.5 Å². The van der Waals surface area contributed by atoms with E-state index in [4.69, 9.17) is 4.74 Å². The molecule has 0 saturated heterocycles. The number of hydrogen-bond donors (Lipinski definition) is 1. The number of pyridine rings is 1. The highest BCUT2D eigenvalue weighted by molar-refractivity contribution is 6.03. The van der Waals surface area contributed by atoms with Gasteiger partial charge in [-0.15, -0.1) is 0 Å². The van der Waals surface area contributed by atoms with Crippen LogP contribution in [-0.2, 0) is 9.53 Å². The fourth-order valence-electron chi connectivity index (χ4n) is 3.13. The number of rotatable bonds is 6. The first-order chi connectivity index (χ1) is 14.3. The van der Waals surface area contributed by atoms with Crippen LogP contribution in [0.3, 0.4) is 0 Å². The minimum absolute atomic E-state index is 0.0682. The van der Waals surface area contributed by atoms with E-state index < -0.39 is 17.5 Å². The second kappa shape index (κ2) is 8.70. The highest BCUT2D eigenvalue weighted by Crippen LogP contribution is 2.32. The smallest absolute Gasteiger partial charge is 0.306 e. The summed E-state index contributed by atoms with van der Waals surface area (Å²) >= 11 is 0. The molecule has 0 amide bonds. The molecule has 3 aromatic rings. The van der Waals surface area contributed by atoms with Crippen LogP contribution in [0.15, 0.2) is 36.4 Å². The summed E-state index contributed by atoms with van der Waals surface area (Å²) in [5.41, 5.74) is 1.95. The van der Waals surface area contributed by atoms with Crippen molar-refractivity contribution in [3.63, 3.8) is 0 Å². The Morgan fingerprint density at radius 2 is 1.87 bits per heavy atom. The molecule has 6 nitrogen and oxygen atoms in total. The molecule has 2 aromatic carbocycles. The van der Waals surface area contributed by atoms with Crippen molar-refractivity contribution >= 4 is 22.7 Å². The molecule has 0 unspecified atom stereocenters. The summed E-state index contributed by atoms with van der Waals surface area (Å²) in [5.74, 6) is -1.92. The number of benzene rings is 2. The quantitative estimate of drug-likeness (QED) is 0.479. The average molecular weight is 406 g/mol. The SMILES string of the molecule is CCOC(=O)CCC(=O)c1nc2cc(-c3ccc(F)c(C)c3)ccc2c(C#N)c1O. The van der Waals surface area contributed by atoms with Gasteiger partial charge in [0, 0.05) is 11.8 Å². The molecule has 30 heavy (non-hydrogen) atoms. The number of carbonyl (C=O) groups excluding carboxylic acids is 2. The molecular weight excluding hydrogens is 387 g/mol. The molecule has 0 spiro atoms. The predicted molar refractivity (Wildman–Crippen MR) is 108 cm³/mol. The Morgan fingerprint density at radius 1 is 1.17 bits per heavy atom. The Balaban J connectivity index is 2.05. The molecule has 3 rings (SSSR count). The molecule has 0 saturated carbocycles.